The third-order valence-electron chi connectivity index (χ3n) is 0. The molecule has 0 bridgehead atoms. The number of amides is 1. The molecule has 3 radical (unpaired) electrons. The summed E-state index contributed by atoms with van der Waals surface area (Å²) < 4.78 is 0. The molecule has 1 amide bonds. The summed E-state index contributed by atoms with van der Waals surface area (Å²) in [5.74, 6) is 0. The topological polar surface area (TPSA) is 98.3 Å². The van der Waals surface area contributed by atoms with Gasteiger partial charge in [0.15, 0.2) is 0 Å². The number of carboxylic acid groups (broad SMARTS) is 1. The summed E-state index contributed by atoms with van der Waals surface area (Å²) in [6.45, 7) is 0. The Balaban J connectivity index is -0.0000000450. The molecule has 0 aromatic carbocycles. The fraction of sp³-hybridized carbons (Fsp3) is 0. The van der Waals surface area contributed by atoms with Gasteiger partial charge in [-0.2, -0.15) is 0 Å². The second-order valence-electron chi connectivity index (χ2n) is 0.338. The second-order valence-corrected chi connectivity index (χ2v) is 0.338. The zero-order valence-electron chi connectivity index (χ0n) is 3.22. The minimum absolute atomic E-state index is 0. The molecule has 0 heterocycles. The van der Waals surface area contributed by atoms with E-state index in [1.54, 1.807) is 0 Å². The van der Waals surface area contributed by atoms with Gasteiger partial charge in [0.1, 0.15) is 0 Å². The zero-order valence-corrected chi connectivity index (χ0v) is 3.22. The monoisotopic (exact) mass is 91.1 g/mol. The van der Waals surface area contributed by atoms with Gasteiger partial charge in [0.2, 0.25) is 0 Å². The molecule has 0 unspecified atom stereocenters. The van der Waals surface area contributed by atoms with Crippen LogP contribution < -0.4 is 11.9 Å². The van der Waals surface area contributed by atoms with Crippen LogP contribution in [0.2, 0.25) is 0 Å². The van der Waals surface area contributed by atoms with Crippen molar-refractivity contribution in [2.24, 2.45) is 5.73 Å². The molecular formula is C2H7N2O2. The Hall–Kier alpha value is -0.770. The molecule has 0 aliphatic heterocycles. The summed E-state index contributed by atoms with van der Waals surface area (Å²) in [7, 11) is 0. The molecule has 0 aromatic rings. The molecule has 0 saturated heterocycles. The van der Waals surface area contributed by atoms with Crippen LogP contribution in [0.25, 0.3) is 0 Å². The molecule has 0 saturated carbocycles. The highest BCUT2D eigenvalue weighted by molar-refractivity contribution is 5.61. The number of primary amides is 1. The minimum Gasteiger partial charge on any atom is -0.465 e. The summed E-state index contributed by atoms with van der Waals surface area (Å²) in [6.07, 6.45) is -1.33. The smallest absolute Gasteiger partial charge is 0.402 e. The first-order valence-corrected chi connectivity index (χ1v) is 0.716. The highest BCUT2D eigenvalue weighted by Crippen LogP contribution is 1.34. The van der Waals surface area contributed by atoms with Crippen molar-refractivity contribution in [2.75, 3.05) is 0 Å². The highest BCUT2D eigenvalue weighted by atomic mass is 16.4. The molecule has 0 aliphatic rings. The van der Waals surface area contributed by atoms with Gasteiger partial charge in [-0.15, -0.1) is 0 Å². The van der Waals surface area contributed by atoms with E-state index in [0.29, 0.717) is 0 Å². The van der Waals surface area contributed by atoms with E-state index in [1.165, 1.54) is 0 Å². The molecule has 0 atom stereocenters. The molecule has 4 heteroatoms. The summed E-state index contributed by atoms with van der Waals surface area (Å²) in [5, 5.41) is 7.19. The summed E-state index contributed by atoms with van der Waals surface area (Å²) in [6, 6.07) is 0. The van der Waals surface area contributed by atoms with Crippen molar-refractivity contribution in [2.45, 2.75) is 0 Å². The largest absolute Gasteiger partial charge is 0.465 e. The van der Waals surface area contributed by atoms with E-state index < -0.39 is 6.09 Å². The van der Waals surface area contributed by atoms with Crippen molar-refractivity contribution >= 4 is 6.09 Å². The van der Waals surface area contributed by atoms with Gasteiger partial charge in [0.25, 0.3) is 0 Å². The number of hydrogen-bond acceptors (Lipinski definition) is 2. The van der Waals surface area contributed by atoms with E-state index >= 15 is 0 Å². The van der Waals surface area contributed by atoms with E-state index in [0.717, 1.165) is 0 Å². The van der Waals surface area contributed by atoms with E-state index in [2.05, 4.69) is 5.73 Å². The first-order chi connectivity index (χ1) is 1.73. The van der Waals surface area contributed by atoms with Crippen LogP contribution in [0.4, 0.5) is 4.79 Å². The van der Waals surface area contributed by atoms with Gasteiger partial charge >= 0.3 is 6.09 Å². The number of nitrogens with two attached hydrogens (primary N) is 1. The Morgan fingerprint density at radius 2 is 1.67 bits per heavy atom. The molecule has 0 rings (SSSR count). The highest BCUT2D eigenvalue weighted by Gasteiger charge is 1.65. The molecule has 0 spiro atoms. The van der Waals surface area contributed by atoms with E-state index in [4.69, 9.17) is 9.90 Å². The Morgan fingerprint density at radius 1 is 1.67 bits per heavy atom. The van der Waals surface area contributed by atoms with Gasteiger partial charge in [0, 0.05) is 0 Å². The van der Waals surface area contributed by atoms with Crippen LogP contribution in [0.5, 0.6) is 0 Å². The van der Waals surface area contributed by atoms with Crippen molar-refractivity contribution in [1.82, 2.24) is 6.15 Å². The van der Waals surface area contributed by atoms with Crippen LogP contribution in [0.1, 0.15) is 0 Å². The molecule has 37 valence electrons. The lowest BCUT2D eigenvalue weighted by molar-refractivity contribution is 0.205. The van der Waals surface area contributed by atoms with Crippen molar-refractivity contribution in [3.63, 3.8) is 0 Å². The summed E-state index contributed by atoms with van der Waals surface area (Å²) >= 11 is 0. The SMILES string of the molecule is N.NC(=O)O.[CH]. The van der Waals surface area contributed by atoms with Crippen LogP contribution in [0.3, 0.4) is 0 Å². The Labute approximate surface area is 36.5 Å². The Morgan fingerprint density at radius 3 is 1.67 bits per heavy atom. The average Bonchev–Trinajstić information content (AvgIpc) is 0.811. The lowest BCUT2D eigenvalue weighted by atomic mass is 11.3. The minimum atomic E-state index is -1.33. The average molecular weight is 91.1 g/mol. The lowest BCUT2D eigenvalue weighted by Crippen LogP contribution is -2.03. The van der Waals surface area contributed by atoms with Crippen molar-refractivity contribution in [3.8, 4) is 0 Å². The molecule has 0 aliphatic carbocycles. The molecule has 6 heavy (non-hydrogen) atoms. The zero-order chi connectivity index (χ0) is 3.58. The third-order valence-corrected chi connectivity index (χ3v) is 0. The summed E-state index contributed by atoms with van der Waals surface area (Å²) in [4.78, 5) is 8.78. The fourth-order valence-corrected chi connectivity index (χ4v) is 0. The quantitative estimate of drug-likeness (QED) is 0.391. The predicted octanol–water partition coefficient (Wildman–Crippen LogP) is -0.0106. The van der Waals surface area contributed by atoms with E-state index in [9.17, 15) is 0 Å². The van der Waals surface area contributed by atoms with Crippen LogP contribution in [0.15, 0.2) is 0 Å². The maximum absolute atomic E-state index is 8.78. The van der Waals surface area contributed by atoms with E-state index in [1.807, 2.05) is 0 Å². The summed E-state index contributed by atoms with van der Waals surface area (Å²) in [5.41, 5.74) is 4.03. The van der Waals surface area contributed by atoms with Crippen LogP contribution in [0, 0.1) is 7.43 Å². The van der Waals surface area contributed by atoms with Gasteiger partial charge in [-0.3, -0.25) is 0 Å². The predicted molar refractivity (Wildman–Crippen MR) is 21.5 cm³/mol. The number of hydrogen-bond donors (Lipinski definition) is 3. The molecule has 6 N–H and O–H groups in total. The Kier molecular flexibility index (Phi) is 27.8. The van der Waals surface area contributed by atoms with Crippen LogP contribution in [-0.2, 0) is 0 Å². The van der Waals surface area contributed by atoms with E-state index in [-0.39, 0.29) is 13.6 Å². The Bertz CT molecular complexity index is 32.5. The first kappa shape index (κ1) is 18.8. The van der Waals surface area contributed by atoms with Crippen molar-refractivity contribution in [1.29, 1.82) is 0 Å². The van der Waals surface area contributed by atoms with Crippen LogP contribution >= 0.6 is 0 Å². The third kappa shape index (κ3) is 27.1. The van der Waals surface area contributed by atoms with Crippen molar-refractivity contribution in [3.05, 3.63) is 7.43 Å². The second kappa shape index (κ2) is 8.87. The van der Waals surface area contributed by atoms with Gasteiger partial charge < -0.3 is 17.0 Å². The fourth-order valence-electron chi connectivity index (χ4n) is 0. The normalized spacial score (nSPS) is 4.00. The van der Waals surface area contributed by atoms with Gasteiger partial charge in [-0.05, 0) is 7.43 Å². The molecule has 4 nitrogen and oxygen atoms in total. The lowest BCUT2D eigenvalue weighted by Gasteiger charge is -1.61. The number of rotatable bonds is 0. The first-order valence-electron chi connectivity index (χ1n) is 0.716. The van der Waals surface area contributed by atoms with Gasteiger partial charge in [-0.25, -0.2) is 4.79 Å². The molecule has 0 fully saturated rings. The van der Waals surface area contributed by atoms with Gasteiger partial charge in [-0.1, -0.05) is 0 Å². The standard InChI is InChI=1S/CH3NO2.CH.H3N/c2-1(3)4;;/h2H2,(H,3,4);1H;1H3. The van der Waals surface area contributed by atoms with Crippen molar-refractivity contribution < 1.29 is 9.90 Å². The van der Waals surface area contributed by atoms with Gasteiger partial charge in [0.05, 0.1) is 0 Å². The van der Waals surface area contributed by atoms with Crippen LogP contribution in [-0.4, -0.2) is 11.2 Å². The molecular weight excluding hydrogens is 84.0 g/mol. The maximum atomic E-state index is 8.78. The number of carbonyl (C=O) groups is 1. The molecule has 0 aromatic heterocycles. The maximum Gasteiger partial charge on any atom is 0.402 e.